The molecule has 0 saturated heterocycles. The quantitative estimate of drug-likeness (QED) is 0.168. The van der Waals surface area contributed by atoms with E-state index in [1.54, 1.807) is 13.8 Å². The zero-order valence-corrected chi connectivity index (χ0v) is 27.5. The summed E-state index contributed by atoms with van der Waals surface area (Å²) in [5.74, 6) is -0.877. The fraction of sp³-hybridized carbons (Fsp3) is 0.118. The van der Waals surface area contributed by atoms with Crippen molar-refractivity contribution >= 4 is 43.2 Å². The molecule has 0 saturated carbocycles. The van der Waals surface area contributed by atoms with Gasteiger partial charge in [0, 0.05) is 35.9 Å². The summed E-state index contributed by atoms with van der Waals surface area (Å²) in [6.07, 6.45) is 5.41. The number of benzene rings is 3. The van der Waals surface area contributed by atoms with Crippen LogP contribution < -0.4 is 18.1 Å². The van der Waals surface area contributed by atoms with Gasteiger partial charge in [-0.3, -0.25) is 19.6 Å². The van der Waals surface area contributed by atoms with Crippen LogP contribution in [0.25, 0.3) is 0 Å². The molecule has 0 radical (unpaired) electrons. The highest BCUT2D eigenvalue weighted by Gasteiger charge is 2.35. The highest BCUT2D eigenvalue weighted by molar-refractivity contribution is 7.94. The van der Waals surface area contributed by atoms with Gasteiger partial charge < -0.3 is 9.47 Å². The van der Waals surface area contributed by atoms with E-state index in [2.05, 4.69) is 9.97 Å². The van der Waals surface area contributed by atoms with Gasteiger partial charge in [0.15, 0.2) is 0 Å². The summed E-state index contributed by atoms with van der Waals surface area (Å²) in [6.45, 7) is 4.33. The lowest BCUT2D eigenvalue weighted by molar-refractivity contribution is 0.0996. The van der Waals surface area contributed by atoms with E-state index in [1.807, 2.05) is 0 Å². The molecule has 0 aliphatic carbocycles. The van der Waals surface area contributed by atoms with Crippen LogP contribution in [0.1, 0.15) is 34.6 Å². The highest BCUT2D eigenvalue weighted by atomic mass is 32.2. The maximum Gasteiger partial charge on any atom is 0.272 e. The van der Waals surface area contributed by atoms with Gasteiger partial charge in [0.25, 0.3) is 31.9 Å². The van der Waals surface area contributed by atoms with Crippen molar-refractivity contribution in [3.63, 3.8) is 0 Å². The lowest BCUT2D eigenvalue weighted by atomic mass is 10.2. The van der Waals surface area contributed by atoms with Crippen molar-refractivity contribution in [3.8, 4) is 11.5 Å². The fourth-order valence-corrected chi connectivity index (χ4v) is 7.46. The topological polar surface area (TPSA) is 153 Å². The predicted octanol–water partition coefficient (Wildman–Crippen LogP) is 5.35. The van der Waals surface area contributed by atoms with Gasteiger partial charge in [-0.25, -0.2) is 16.8 Å². The predicted molar refractivity (Wildman–Crippen MR) is 178 cm³/mol. The summed E-state index contributed by atoms with van der Waals surface area (Å²) in [5.41, 5.74) is -0.138. The first kappa shape index (κ1) is 33.8. The van der Waals surface area contributed by atoms with E-state index in [9.17, 15) is 26.4 Å². The Balaban J connectivity index is 1.60. The lowest BCUT2D eigenvalue weighted by Crippen LogP contribution is -2.38. The molecule has 2 amide bonds. The van der Waals surface area contributed by atoms with Crippen molar-refractivity contribution in [1.29, 1.82) is 0 Å². The molecular formula is C34H30N4O8S2. The number of sulfonamides is 2. The number of hydrogen-bond donors (Lipinski definition) is 0. The molecule has 0 fully saturated rings. The molecule has 2 heterocycles. The third kappa shape index (κ3) is 7.04. The van der Waals surface area contributed by atoms with E-state index in [4.69, 9.17) is 9.47 Å². The zero-order valence-electron chi connectivity index (χ0n) is 25.8. The summed E-state index contributed by atoms with van der Waals surface area (Å²) < 4.78 is 68.1. The molecule has 12 nitrogen and oxygen atoms in total. The monoisotopic (exact) mass is 686 g/mol. The summed E-state index contributed by atoms with van der Waals surface area (Å²) in [4.78, 5) is 35.0. The molecule has 14 heteroatoms. The van der Waals surface area contributed by atoms with Gasteiger partial charge in [-0.1, -0.05) is 0 Å². The number of pyridine rings is 2. The van der Waals surface area contributed by atoms with Crippen LogP contribution in [0.2, 0.25) is 0 Å². The SMILES string of the molecule is CCOc1ccc(S(=O)(=O)N(C(=O)c2ccncc2)c2ccc(N(C(=O)c3ccncc3)S(=O)(=O)c3ccc(OCC)cc3)cc2)cc1. The van der Waals surface area contributed by atoms with Crippen LogP contribution in [0.5, 0.6) is 11.5 Å². The molecule has 0 aliphatic heterocycles. The summed E-state index contributed by atoms with van der Waals surface area (Å²) in [5, 5.41) is 0. The Bertz CT molecular complexity index is 1940. The second-order valence-electron chi connectivity index (χ2n) is 9.95. The second kappa shape index (κ2) is 14.4. The number of hydrogen-bond acceptors (Lipinski definition) is 10. The van der Waals surface area contributed by atoms with Gasteiger partial charge in [-0.05, 0) is 111 Å². The largest absolute Gasteiger partial charge is 0.494 e. The average Bonchev–Trinajstić information content (AvgIpc) is 3.10. The zero-order chi connectivity index (χ0) is 34.3. The molecule has 48 heavy (non-hydrogen) atoms. The van der Waals surface area contributed by atoms with E-state index in [0.717, 1.165) is 0 Å². The molecule has 0 atom stereocenters. The van der Waals surface area contributed by atoms with E-state index in [-0.39, 0.29) is 32.3 Å². The standard InChI is InChI=1S/C34H30N4O8S2/c1-3-45-29-9-13-31(14-10-29)47(41,42)37(33(39)25-17-21-35-22-18-25)27-5-7-28(8-6-27)38(34(40)26-19-23-36-24-20-26)48(43,44)32-15-11-30(12-16-32)46-4-2/h5-24H,3-4H2,1-2H3. The van der Waals surface area contributed by atoms with Crippen LogP contribution >= 0.6 is 0 Å². The smallest absolute Gasteiger partial charge is 0.272 e. The van der Waals surface area contributed by atoms with E-state index < -0.39 is 31.9 Å². The van der Waals surface area contributed by atoms with Crippen molar-refractivity contribution in [2.24, 2.45) is 0 Å². The Morgan fingerprint density at radius 2 is 0.833 bits per heavy atom. The van der Waals surface area contributed by atoms with Crippen molar-refractivity contribution in [3.05, 3.63) is 133 Å². The lowest BCUT2D eigenvalue weighted by Gasteiger charge is -2.25. The van der Waals surface area contributed by atoms with E-state index in [0.29, 0.717) is 33.3 Å². The summed E-state index contributed by atoms with van der Waals surface area (Å²) in [7, 11) is -9.03. The van der Waals surface area contributed by atoms with Crippen molar-refractivity contribution < 1.29 is 35.9 Å². The highest BCUT2D eigenvalue weighted by Crippen LogP contribution is 2.32. The Morgan fingerprint density at radius 1 is 0.521 bits per heavy atom. The third-order valence-corrected chi connectivity index (χ3v) is 10.3. The number of nitrogens with zero attached hydrogens (tertiary/aromatic N) is 4. The number of aromatic nitrogens is 2. The molecule has 2 aromatic heterocycles. The number of amides is 2. The molecule has 0 spiro atoms. The number of ether oxygens (including phenoxy) is 2. The number of rotatable bonds is 12. The Morgan fingerprint density at radius 3 is 1.12 bits per heavy atom. The summed E-state index contributed by atoms with van der Waals surface area (Å²) >= 11 is 0. The maximum atomic E-state index is 14.0. The van der Waals surface area contributed by atoms with Crippen LogP contribution in [0.4, 0.5) is 11.4 Å². The van der Waals surface area contributed by atoms with Gasteiger partial charge in [0.2, 0.25) is 0 Å². The minimum atomic E-state index is -4.52. The number of carbonyl (C=O) groups excluding carboxylic acids is 2. The molecular weight excluding hydrogens is 657 g/mol. The Labute approximate surface area is 278 Å². The first-order valence-electron chi connectivity index (χ1n) is 14.6. The minimum Gasteiger partial charge on any atom is -0.494 e. The first-order valence-corrected chi connectivity index (χ1v) is 17.5. The van der Waals surface area contributed by atoms with E-state index >= 15 is 0 Å². The number of carbonyl (C=O) groups is 2. The molecule has 3 aromatic carbocycles. The molecule has 0 bridgehead atoms. The normalized spacial score (nSPS) is 11.4. The molecule has 0 N–H and O–H groups in total. The third-order valence-electron chi connectivity index (χ3n) is 6.89. The van der Waals surface area contributed by atoms with Crippen LogP contribution in [0, 0.1) is 0 Å². The van der Waals surface area contributed by atoms with Crippen LogP contribution in [0.15, 0.2) is 132 Å². The van der Waals surface area contributed by atoms with Crippen molar-refractivity contribution in [1.82, 2.24) is 9.97 Å². The van der Waals surface area contributed by atoms with Gasteiger partial charge in [-0.15, -0.1) is 0 Å². The Hall–Kier alpha value is -5.60. The molecule has 0 unspecified atom stereocenters. The minimum absolute atomic E-state index is 0.0381. The molecule has 5 rings (SSSR count). The van der Waals surface area contributed by atoms with Crippen LogP contribution in [0.3, 0.4) is 0 Å². The van der Waals surface area contributed by atoms with Crippen molar-refractivity contribution in [2.75, 3.05) is 21.8 Å². The fourth-order valence-electron chi connectivity index (χ4n) is 4.64. The van der Waals surface area contributed by atoms with Gasteiger partial charge >= 0.3 is 0 Å². The van der Waals surface area contributed by atoms with Gasteiger partial charge in [0.05, 0.1) is 34.4 Å². The summed E-state index contributed by atoms with van der Waals surface area (Å²) in [6, 6.07) is 21.7. The van der Waals surface area contributed by atoms with Crippen molar-refractivity contribution in [2.45, 2.75) is 23.6 Å². The number of anilines is 2. The van der Waals surface area contributed by atoms with E-state index in [1.165, 1.54) is 122 Å². The maximum absolute atomic E-state index is 14.0. The molecule has 5 aromatic rings. The molecule has 246 valence electrons. The Kier molecular flexibility index (Phi) is 10.2. The van der Waals surface area contributed by atoms with Crippen LogP contribution in [-0.2, 0) is 20.0 Å². The van der Waals surface area contributed by atoms with Gasteiger partial charge in [-0.2, -0.15) is 8.61 Å². The second-order valence-corrected chi connectivity index (χ2v) is 13.5. The average molecular weight is 687 g/mol. The molecule has 0 aliphatic rings. The van der Waals surface area contributed by atoms with Gasteiger partial charge in [0.1, 0.15) is 11.5 Å². The van der Waals surface area contributed by atoms with Crippen LogP contribution in [-0.4, -0.2) is 51.8 Å². The first-order chi connectivity index (χ1) is 23.1.